The number of rotatable bonds is 6. The third kappa shape index (κ3) is 7.35. The smallest absolute Gasteiger partial charge is 0.337 e. The second-order valence-corrected chi connectivity index (χ2v) is 17.3. The highest BCUT2D eigenvalue weighted by molar-refractivity contribution is 5.91. The number of aliphatic hydroxyl groups is 1. The molecule has 2 aliphatic heterocycles. The first-order chi connectivity index (χ1) is 28.7. The lowest BCUT2D eigenvalue weighted by molar-refractivity contribution is -0.203. The topological polar surface area (TPSA) is 110 Å². The number of carbonyl (C=O) groups is 2. The fraction of sp³-hybridized carbons (Fsp3) is 0.440. The lowest BCUT2D eigenvalue weighted by Gasteiger charge is -2.54. The van der Waals surface area contributed by atoms with Gasteiger partial charge >= 0.3 is 11.9 Å². The maximum absolute atomic E-state index is 12.1. The van der Waals surface area contributed by atoms with Gasteiger partial charge in [-0.3, -0.25) is 0 Å². The van der Waals surface area contributed by atoms with Crippen LogP contribution in [0.3, 0.4) is 0 Å². The number of hydrogen-bond acceptors (Lipinski definition) is 9. The summed E-state index contributed by atoms with van der Waals surface area (Å²) in [5.41, 5.74) is 7.98. The molecule has 59 heavy (non-hydrogen) atoms. The van der Waals surface area contributed by atoms with Crippen LogP contribution in [0.5, 0.6) is 0 Å². The van der Waals surface area contributed by atoms with Crippen molar-refractivity contribution in [2.75, 3.05) is 40.6 Å². The zero-order valence-corrected chi connectivity index (χ0v) is 34.0. The highest BCUT2D eigenvalue weighted by atomic mass is 16.7. The molecule has 2 saturated heterocycles. The van der Waals surface area contributed by atoms with E-state index in [9.17, 15) is 14.7 Å². The van der Waals surface area contributed by atoms with Crippen molar-refractivity contribution in [3.8, 4) is 0 Å². The van der Waals surface area contributed by atoms with Crippen LogP contribution in [0.25, 0.3) is 6.08 Å². The lowest BCUT2D eigenvalue weighted by atomic mass is 9.53. The Morgan fingerprint density at radius 1 is 0.644 bits per heavy atom. The van der Waals surface area contributed by atoms with Gasteiger partial charge in [-0.15, -0.1) is 0 Å². The number of fused-ring (bicyclic) bond motifs is 6. The average molecular weight is 799 g/mol. The number of allylic oxidation sites excluding steroid dienone is 1. The molecule has 10 rings (SSSR count). The molecule has 2 spiro atoms. The molecule has 9 nitrogen and oxygen atoms in total. The van der Waals surface area contributed by atoms with Gasteiger partial charge in [0.1, 0.15) is 0 Å². The van der Waals surface area contributed by atoms with E-state index in [1.165, 1.54) is 30.9 Å². The number of methoxy groups -OCH3 is 2. The van der Waals surface area contributed by atoms with Crippen molar-refractivity contribution in [1.29, 1.82) is 0 Å². The Labute approximate surface area is 346 Å². The minimum absolute atomic E-state index is 0.0271. The van der Waals surface area contributed by atoms with Crippen LogP contribution in [0.4, 0.5) is 0 Å². The molecule has 308 valence electrons. The number of esters is 2. The Hall–Kier alpha value is -4.64. The zero-order valence-electron chi connectivity index (χ0n) is 34.0. The van der Waals surface area contributed by atoms with E-state index in [2.05, 4.69) is 72.8 Å². The quantitative estimate of drug-likeness (QED) is 0.192. The molecule has 4 fully saturated rings. The Kier molecular flexibility index (Phi) is 10.9. The molecule has 2 heterocycles. The Bertz CT molecular complexity index is 2190. The van der Waals surface area contributed by atoms with Crippen LogP contribution in [-0.4, -0.2) is 69.3 Å². The molecule has 4 aromatic carbocycles. The van der Waals surface area contributed by atoms with Crippen LogP contribution in [0, 0.1) is 11.8 Å². The van der Waals surface area contributed by atoms with Crippen LogP contribution in [0.1, 0.15) is 105 Å². The van der Waals surface area contributed by atoms with Crippen molar-refractivity contribution < 1.29 is 43.1 Å². The van der Waals surface area contributed by atoms with E-state index in [-0.39, 0.29) is 28.7 Å². The summed E-state index contributed by atoms with van der Waals surface area (Å²) in [6.07, 6.45) is 11.6. The minimum Gasteiger partial charge on any atom is -0.465 e. The highest BCUT2D eigenvalue weighted by Crippen LogP contribution is 2.58. The summed E-state index contributed by atoms with van der Waals surface area (Å²) < 4.78 is 34.0. The van der Waals surface area contributed by atoms with Crippen LogP contribution in [0.15, 0.2) is 103 Å². The van der Waals surface area contributed by atoms with E-state index in [0.717, 1.165) is 68.1 Å². The molecule has 0 bridgehead atoms. The van der Waals surface area contributed by atoms with Crippen LogP contribution < -0.4 is 0 Å². The summed E-state index contributed by atoms with van der Waals surface area (Å²) in [7, 11) is 2.81. The summed E-state index contributed by atoms with van der Waals surface area (Å²) in [6, 6.07) is 32.9. The predicted molar refractivity (Wildman–Crippen MR) is 222 cm³/mol. The molecule has 6 aliphatic rings. The second-order valence-electron chi connectivity index (χ2n) is 17.3. The van der Waals surface area contributed by atoms with Gasteiger partial charge < -0.3 is 33.5 Å². The van der Waals surface area contributed by atoms with Gasteiger partial charge in [-0.2, -0.15) is 0 Å². The Morgan fingerprint density at radius 3 is 1.76 bits per heavy atom. The fourth-order valence-electron chi connectivity index (χ4n) is 11.4. The van der Waals surface area contributed by atoms with Crippen molar-refractivity contribution >= 4 is 18.0 Å². The first-order valence-corrected chi connectivity index (χ1v) is 21.1. The number of ether oxygens (including phenoxy) is 6. The molecule has 0 amide bonds. The molecule has 4 aliphatic carbocycles. The van der Waals surface area contributed by atoms with Gasteiger partial charge in [0.15, 0.2) is 11.6 Å². The van der Waals surface area contributed by atoms with Crippen LogP contribution in [0.2, 0.25) is 0 Å². The normalized spacial score (nSPS) is 28.0. The van der Waals surface area contributed by atoms with E-state index < -0.39 is 17.7 Å². The zero-order chi connectivity index (χ0) is 40.7. The van der Waals surface area contributed by atoms with Gasteiger partial charge in [0.05, 0.1) is 57.9 Å². The van der Waals surface area contributed by atoms with E-state index in [1.54, 1.807) is 0 Å². The van der Waals surface area contributed by atoms with Gasteiger partial charge in [-0.05, 0) is 102 Å². The molecule has 2 saturated carbocycles. The van der Waals surface area contributed by atoms with E-state index in [1.807, 2.05) is 36.4 Å². The Balaban J connectivity index is 0.000000152. The number of hydrogen-bond donors (Lipinski definition) is 1. The first-order valence-electron chi connectivity index (χ1n) is 21.1. The number of aliphatic hydroxyl groups excluding tert-OH is 1. The summed E-state index contributed by atoms with van der Waals surface area (Å²) in [4.78, 5) is 24.1. The van der Waals surface area contributed by atoms with Crippen molar-refractivity contribution in [2.45, 2.75) is 86.3 Å². The molecule has 1 N–H and O–H groups in total. The van der Waals surface area contributed by atoms with Gasteiger partial charge in [-0.1, -0.05) is 84.9 Å². The monoisotopic (exact) mass is 798 g/mol. The van der Waals surface area contributed by atoms with Crippen LogP contribution in [-0.2, 0) is 52.1 Å². The van der Waals surface area contributed by atoms with E-state index >= 15 is 0 Å². The second kappa shape index (κ2) is 16.1. The molecule has 5 atom stereocenters. The maximum atomic E-state index is 12.1. The van der Waals surface area contributed by atoms with E-state index in [0.29, 0.717) is 49.9 Å². The van der Waals surface area contributed by atoms with Crippen molar-refractivity contribution in [3.05, 3.63) is 148 Å². The number of carbonyl (C=O) groups excluding carboxylic acids is 2. The van der Waals surface area contributed by atoms with Gasteiger partial charge in [0.25, 0.3) is 0 Å². The first kappa shape index (κ1) is 39.8. The maximum Gasteiger partial charge on any atom is 0.337 e. The Morgan fingerprint density at radius 2 is 1.17 bits per heavy atom. The standard InChI is InChI=1S/C25H28O5.C25H26O4/c1-28-23(27)18-7-8-21-20(13-18)22(26)14-19-16-25(29-11-12-30-25)10-9-24(19,21)15-17-5-3-2-4-6-17;1-27-23(26)20-8-10-22-19(15-20)7-9-21-17-25(28-13-14-29-25)12-11-24(21,22)16-18-5-3-2-4-6-18/h2-8,13,19,22,26H,9-12,14-16H2,1H3;2-10,15,21H,11-14,16-17H2,1H3/t19-,22?,24-;21-,24-/m00/s1. The largest absolute Gasteiger partial charge is 0.465 e. The molecule has 0 radical (unpaired) electrons. The van der Waals surface area contributed by atoms with Crippen molar-refractivity contribution in [1.82, 2.24) is 0 Å². The molecule has 1 unspecified atom stereocenters. The molecular weight excluding hydrogens is 745 g/mol. The highest BCUT2D eigenvalue weighted by Gasteiger charge is 2.56. The SMILES string of the molecule is COC(=O)c1ccc2c(c1)C(O)C[C@H]1CC3(CC[C@@]21Cc1ccccc1)OCCO3.COC(=O)c1ccc2c(c1)C=C[C@H]1CC3(CC[C@@]21Cc1ccccc1)OCCO3. The minimum atomic E-state index is -0.616. The van der Waals surface area contributed by atoms with Crippen molar-refractivity contribution in [3.63, 3.8) is 0 Å². The summed E-state index contributed by atoms with van der Waals surface area (Å²) in [5, 5.41) is 11.1. The third-order valence-corrected chi connectivity index (χ3v) is 14.2. The molecule has 9 heteroatoms. The lowest BCUT2D eigenvalue weighted by Crippen LogP contribution is -2.52. The van der Waals surface area contributed by atoms with Gasteiger partial charge in [-0.25, -0.2) is 9.59 Å². The molecule has 4 aromatic rings. The summed E-state index contributed by atoms with van der Waals surface area (Å²) in [6.45, 7) is 2.64. The molecular formula is C50H54O9. The summed E-state index contributed by atoms with van der Waals surface area (Å²) >= 11 is 0. The van der Waals surface area contributed by atoms with Crippen LogP contribution >= 0.6 is 0 Å². The predicted octanol–water partition coefficient (Wildman–Crippen LogP) is 8.46. The average Bonchev–Trinajstić information content (AvgIpc) is 3.94. The fourth-order valence-corrected chi connectivity index (χ4v) is 11.4. The molecule has 0 aromatic heterocycles. The van der Waals surface area contributed by atoms with Gasteiger partial charge in [0.2, 0.25) is 0 Å². The van der Waals surface area contributed by atoms with Gasteiger partial charge in [0, 0.05) is 36.5 Å². The third-order valence-electron chi connectivity index (χ3n) is 14.2. The van der Waals surface area contributed by atoms with E-state index in [4.69, 9.17) is 28.4 Å². The number of benzene rings is 4. The summed E-state index contributed by atoms with van der Waals surface area (Å²) in [5.74, 6) is -1.05. The van der Waals surface area contributed by atoms with Crippen molar-refractivity contribution in [2.24, 2.45) is 11.8 Å².